The van der Waals surface area contributed by atoms with Crippen molar-refractivity contribution >= 4 is 17.5 Å². The molecule has 1 aromatic rings. The molecule has 1 atom stereocenters. The Morgan fingerprint density at radius 2 is 1.79 bits per heavy atom. The highest BCUT2D eigenvalue weighted by molar-refractivity contribution is 6.30. The molecule has 0 aromatic heterocycles. The van der Waals surface area contributed by atoms with Crippen LogP contribution in [-0.2, 0) is 4.74 Å². The molecule has 158 valence electrons. The summed E-state index contributed by atoms with van der Waals surface area (Å²) in [7, 11) is 2.22. The van der Waals surface area contributed by atoms with Crippen molar-refractivity contribution in [2.75, 3.05) is 66.1 Å². The number of halogens is 1. The smallest absolute Gasteiger partial charge is 0.253 e. The summed E-state index contributed by atoms with van der Waals surface area (Å²) < 4.78 is 5.79. The Morgan fingerprint density at radius 3 is 2.52 bits per heavy atom. The van der Waals surface area contributed by atoms with Gasteiger partial charge in [0, 0.05) is 49.4 Å². The third-order valence-electron chi connectivity index (χ3n) is 7.33. The van der Waals surface area contributed by atoms with E-state index < -0.39 is 0 Å². The van der Waals surface area contributed by atoms with E-state index >= 15 is 0 Å². The SMILES string of the molecule is CN1CCC(N2CC3(CN(C(=O)c4ccc(Cl)cc4)C[C@@H]4COCCN43)C2)CC1. The van der Waals surface area contributed by atoms with Gasteiger partial charge in [-0.15, -0.1) is 0 Å². The molecule has 7 heteroatoms. The van der Waals surface area contributed by atoms with Gasteiger partial charge in [0.15, 0.2) is 0 Å². The van der Waals surface area contributed by atoms with Crippen molar-refractivity contribution < 1.29 is 9.53 Å². The van der Waals surface area contributed by atoms with Crippen LogP contribution in [0.15, 0.2) is 24.3 Å². The fourth-order valence-corrected chi connectivity index (χ4v) is 5.86. The number of piperazine rings is 1. The van der Waals surface area contributed by atoms with Crippen LogP contribution in [0.1, 0.15) is 23.2 Å². The van der Waals surface area contributed by atoms with Gasteiger partial charge in [-0.3, -0.25) is 14.6 Å². The van der Waals surface area contributed by atoms with E-state index in [0.29, 0.717) is 17.1 Å². The minimum atomic E-state index is 0.0815. The van der Waals surface area contributed by atoms with E-state index in [1.165, 1.54) is 25.9 Å². The summed E-state index contributed by atoms with van der Waals surface area (Å²) in [6, 6.07) is 8.28. The number of fused-ring (bicyclic) bond motifs is 2. The van der Waals surface area contributed by atoms with Gasteiger partial charge in [-0.25, -0.2) is 0 Å². The van der Waals surface area contributed by atoms with Gasteiger partial charge in [-0.1, -0.05) is 11.6 Å². The molecule has 6 nitrogen and oxygen atoms in total. The summed E-state index contributed by atoms with van der Waals surface area (Å²) in [5.41, 5.74) is 0.805. The molecule has 4 aliphatic rings. The first-order chi connectivity index (χ1) is 14.0. The number of carbonyl (C=O) groups excluding carboxylic acids is 1. The van der Waals surface area contributed by atoms with Crippen LogP contribution in [0.3, 0.4) is 0 Å². The standard InChI is InChI=1S/C22H31ClN4O2/c1-24-8-6-19(7-9-24)26-15-22(16-26)14-25(12-20-13-29-11-10-27(20)22)21(28)17-2-4-18(23)5-3-17/h2-5,19-20H,6-16H2,1H3/t20-/m1/s1. The first kappa shape index (κ1) is 19.8. The van der Waals surface area contributed by atoms with Crippen molar-refractivity contribution in [1.29, 1.82) is 0 Å². The first-order valence-corrected chi connectivity index (χ1v) is 11.2. The molecule has 1 amide bonds. The predicted octanol–water partition coefficient (Wildman–Crippen LogP) is 1.65. The lowest BCUT2D eigenvalue weighted by molar-refractivity contribution is -0.169. The van der Waals surface area contributed by atoms with Crippen LogP contribution < -0.4 is 0 Å². The second-order valence-electron chi connectivity index (χ2n) is 9.28. The third kappa shape index (κ3) is 3.70. The second-order valence-corrected chi connectivity index (χ2v) is 9.71. The molecule has 0 aliphatic carbocycles. The summed E-state index contributed by atoms with van der Waals surface area (Å²) in [5, 5.41) is 0.663. The quantitative estimate of drug-likeness (QED) is 0.730. The van der Waals surface area contributed by atoms with E-state index in [1.807, 2.05) is 12.1 Å². The maximum absolute atomic E-state index is 13.2. The average Bonchev–Trinajstić information content (AvgIpc) is 2.72. The summed E-state index contributed by atoms with van der Waals surface area (Å²) in [4.78, 5) is 23.0. The summed E-state index contributed by atoms with van der Waals surface area (Å²) >= 11 is 6.01. The second kappa shape index (κ2) is 7.82. The molecule has 4 fully saturated rings. The maximum Gasteiger partial charge on any atom is 0.253 e. The molecule has 0 unspecified atom stereocenters. The van der Waals surface area contributed by atoms with E-state index in [4.69, 9.17) is 16.3 Å². The fraction of sp³-hybridized carbons (Fsp3) is 0.682. The maximum atomic E-state index is 13.2. The largest absolute Gasteiger partial charge is 0.378 e. The van der Waals surface area contributed by atoms with Crippen molar-refractivity contribution in [1.82, 2.24) is 19.6 Å². The van der Waals surface area contributed by atoms with Crippen molar-refractivity contribution in [2.45, 2.75) is 30.5 Å². The Bertz CT molecular complexity index is 744. The monoisotopic (exact) mass is 418 g/mol. The zero-order chi connectivity index (χ0) is 20.0. The molecule has 29 heavy (non-hydrogen) atoms. The summed E-state index contributed by atoms with van der Waals surface area (Å²) in [5.74, 6) is 0.115. The lowest BCUT2D eigenvalue weighted by Crippen LogP contribution is -2.82. The van der Waals surface area contributed by atoms with Crippen molar-refractivity contribution in [3.05, 3.63) is 34.9 Å². The van der Waals surface area contributed by atoms with Crippen molar-refractivity contribution in [3.63, 3.8) is 0 Å². The summed E-state index contributed by atoms with van der Waals surface area (Å²) in [6.07, 6.45) is 2.51. The van der Waals surface area contributed by atoms with Gasteiger partial charge < -0.3 is 14.5 Å². The van der Waals surface area contributed by atoms with Crippen LogP contribution in [0.25, 0.3) is 0 Å². The van der Waals surface area contributed by atoms with Gasteiger partial charge in [0.1, 0.15) is 0 Å². The highest BCUT2D eigenvalue weighted by Crippen LogP contribution is 2.38. The molecule has 1 aromatic carbocycles. The zero-order valence-electron chi connectivity index (χ0n) is 17.2. The zero-order valence-corrected chi connectivity index (χ0v) is 18.0. The first-order valence-electron chi connectivity index (χ1n) is 10.9. The Morgan fingerprint density at radius 1 is 1.07 bits per heavy atom. The number of hydrogen-bond donors (Lipinski definition) is 0. The Balaban J connectivity index is 1.32. The third-order valence-corrected chi connectivity index (χ3v) is 7.58. The van der Waals surface area contributed by atoms with Gasteiger partial charge in [0.2, 0.25) is 0 Å². The molecular formula is C22H31ClN4O2. The van der Waals surface area contributed by atoms with Crippen molar-refractivity contribution in [3.8, 4) is 0 Å². The molecular weight excluding hydrogens is 388 g/mol. The lowest BCUT2D eigenvalue weighted by atomic mass is 9.80. The molecule has 4 saturated heterocycles. The van der Waals surface area contributed by atoms with E-state index in [-0.39, 0.29) is 11.4 Å². The van der Waals surface area contributed by atoms with E-state index in [0.717, 1.165) is 51.5 Å². The van der Waals surface area contributed by atoms with Gasteiger partial charge in [-0.2, -0.15) is 0 Å². The molecule has 0 N–H and O–H groups in total. The minimum absolute atomic E-state index is 0.0815. The van der Waals surface area contributed by atoms with Crippen LogP contribution in [0.2, 0.25) is 5.02 Å². The van der Waals surface area contributed by atoms with Crippen LogP contribution in [-0.4, -0.2) is 109 Å². The number of rotatable bonds is 2. The topological polar surface area (TPSA) is 39.3 Å². The predicted molar refractivity (Wildman–Crippen MR) is 113 cm³/mol. The molecule has 1 spiro atoms. The number of nitrogens with zero attached hydrogens (tertiary/aromatic N) is 4. The highest BCUT2D eigenvalue weighted by Gasteiger charge is 2.56. The van der Waals surface area contributed by atoms with Gasteiger partial charge in [0.25, 0.3) is 5.91 Å². The number of piperidine rings is 1. The highest BCUT2D eigenvalue weighted by atomic mass is 35.5. The average molecular weight is 419 g/mol. The number of benzene rings is 1. The Kier molecular flexibility index (Phi) is 5.33. The number of likely N-dealkylation sites (tertiary alicyclic amines) is 2. The molecule has 0 bridgehead atoms. The normalized spacial score (nSPS) is 28.9. The van der Waals surface area contributed by atoms with Crippen LogP contribution in [0, 0.1) is 0 Å². The van der Waals surface area contributed by atoms with Gasteiger partial charge >= 0.3 is 0 Å². The number of carbonyl (C=O) groups is 1. The molecule has 0 saturated carbocycles. The van der Waals surface area contributed by atoms with E-state index in [2.05, 4.69) is 26.6 Å². The number of morpholine rings is 1. The van der Waals surface area contributed by atoms with Crippen LogP contribution in [0.4, 0.5) is 0 Å². The molecule has 5 rings (SSSR count). The Labute approximate surface area is 178 Å². The van der Waals surface area contributed by atoms with Crippen LogP contribution >= 0.6 is 11.6 Å². The van der Waals surface area contributed by atoms with Crippen molar-refractivity contribution in [2.24, 2.45) is 0 Å². The number of ether oxygens (including phenoxy) is 1. The summed E-state index contributed by atoms with van der Waals surface area (Å²) in [6.45, 7) is 8.59. The van der Waals surface area contributed by atoms with Crippen LogP contribution in [0.5, 0.6) is 0 Å². The van der Waals surface area contributed by atoms with Gasteiger partial charge in [0.05, 0.1) is 24.8 Å². The fourth-order valence-electron chi connectivity index (χ4n) is 5.74. The lowest BCUT2D eigenvalue weighted by Gasteiger charge is -2.65. The van der Waals surface area contributed by atoms with Gasteiger partial charge in [-0.05, 0) is 57.2 Å². The van der Waals surface area contributed by atoms with E-state index in [9.17, 15) is 4.79 Å². The molecule has 4 aliphatic heterocycles. The number of amides is 1. The number of hydrogen-bond acceptors (Lipinski definition) is 5. The Hall–Kier alpha value is -1.18. The molecule has 4 heterocycles. The minimum Gasteiger partial charge on any atom is -0.378 e. The van der Waals surface area contributed by atoms with E-state index in [1.54, 1.807) is 12.1 Å². The molecule has 0 radical (unpaired) electrons.